The molecular weight excluding hydrogens is 371 g/mol. The van der Waals surface area contributed by atoms with Crippen LogP contribution in [0.25, 0.3) is 0 Å². The van der Waals surface area contributed by atoms with Crippen molar-refractivity contribution in [2.24, 2.45) is 5.92 Å². The maximum Gasteiger partial charge on any atom is 0.253 e. The van der Waals surface area contributed by atoms with Crippen LogP contribution >= 0.6 is 0 Å². The molecule has 2 saturated heterocycles. The summed E-state index contributed by atoms with van der Waals surface area (Å²) in [5, 5.41) is 0. The van der Waals surface area contributed by atoms with Crippen LogP contribution in [-0.4, -0.2) is 67.2 Å². The van der Waals surface area contributed by atoms with Crippen LogP contribution in [0.15, 0.2) is 24.3 Å². The fourth-order valence-electron chi connectivity index (χ4n) is 3.98. The number of nitrogens with zero attached hydrogens (tertiary/aromatic N) is 2. The number of sulfone groups is 1. The fourth-order valence-corrected chi connectivity index (χ4v) is 5.71. The van der Waals surface area contributed by atoms with Crippen molar-refractivity contribution in [2.45, 2.75) is 32.2 Å². The molecule has 0 aliphatic carbocycles. The first-order valence-corrected chi connectivity index (χ1v) is 11.2. The number of carbonyl (C=O) groups excluding carboxylic acids is 2. The summed E-state index contributed by atoms with van der Waals surface area (Å²) in [4.78, 5) is 28.7. The molecule has 0 N–H and O–H groups in total. The number of carbonyl (C=O) groups is 2. The van der Waals surface area contributed by atoms with E-state index in [1.54, 1.807) is 15.9 Å². The molecule has 2 fully saturated rings. The molecule has 0 bridgehead atoms. The molecule has 1 unspecified atom stereocenters. The minimum absolute atomic E-state index is 0.0162. The van der Waals surface area contributed by atoms with Crippen molar-refractivity contribution in [3.63, 3.8) is 0 Å². The molecule has 2 heterocycles. The van der Waals surface area contributed by atoms with Crippen LogP contribution in [-0.2, 0) is 14.6 Å². The number of likely N-dealkylation sites (tertiary alicyclic amines) is 1. The molecule has 0 saturated carbocycles. The summed E-state index contributed by atoms with van der Waals surface area (Å²) < 4.78 is 36.8. The van der Waals surface area contributed by atoms with E-state index in [-0.39, 0.29) is 35.3 Å². The van der Waals surface area contributed by atoms with Crippen molar-refractivity contribution in [3.05, 3.63) is 35.6 Å². The van der Waals surface area contributed by atoms with E-state index in [9.17, 15) is 22.4 Å². The van der Waals surface area contributed by atoms with Crippen LogP contribution in [0.3, 0.4) is 0 Å². The highest BCUT2D eigenvalue weighted by Crippen LogP contribution is 2.25. The van der Waals surface area contributed by atoms with E-state index in [4.69, 9.17) is 0 Å². The van der Waals surface area contributed by atoms with Gasteiger partial charge in [-0.1, -0.05) is 6.07 Å². The van der Waals surface area contributed by atoms with Gasteiger partial charge in [0.25, 0.3) is 5.91 Å². The first kappa shape index (κ1) is 19.8. The number of rotatable bonds is 4. The zero-order valence-corrected chi connectivity index (χ0v) is 16.3. The zero-order valence-electron chi connectivity index (χ0n) is 15.4. The van der Waals surface area contributed by atoms with E-state index >= 15 is 0 Å². The van der Waals surface area contributed by atoms with Gasteiger partial charge in [0.1, 0.15) is 5.82 Å². The maximum absolute atomic E-state index is 13.3. The van der Waals surface area contributed by atoms with Gasteiger partial charge in [0, 0.05) is 37.2 Å². The van der Waals surface area contributed by atoms with Gasteiger partial charge in [-0.2, -0.15) is 0 Å². The third kappa shape index (κ3) is 4.48. The summed E-state index contributed by atoms with van der Waals surface area (Å²) in [7, 11) is -3.05. The smallest absolute Gasteiger partial charge is 0.253 e. The van der Waals surface area contributed by atoms with Crippen LogP contribution in [0, 0.1) is 11.7 Å². The molecule has 6 nitrogen and oxygen atoms in total. The van der Waals surface area contributed by atoms with E-state index in [1.807, 2.05) is 6.92 Å². The monoisotopic (exact) mass is 396 g/mol. The lowest BCUT2D eigenvalue weighted by atomic mass is 9.94. The normalized spacial score (nSPS) is 22.6. The van der Waals surface area contributed by atoms with Crippen LogP contribution in [0.1, 0.15) is 36.5 Å². The van der Waals surface area contributed by atoms with Gasteiger partial charge in [-0.25, -0.2) is 12.8 Å². The van der Waals surface area contributed by atoms with E-state index < -0.39 is 15.7 Å². The Morgan fingerprint density at radius 3 is 2.48 bits per heavy atom. The Labute approximate surface area is 159 Å². The molecule has 3 rings (SSSR count). The second-order valence-corrected chi connectivity index (χ2v) is 9.49. The Bertz CT molecular complexity index is 819. The second-order valence-electron chi connectivity index (χ2n) is 7.26. The van der Waals surface area contributed by atoms with Gasteiger partial charge in [0.15, 0.2) is 9.84 Å². The molecule has 0 aromatic heterocycles. The third-order valence-electron chi connectivity index (χ3n) is 5.48. The third-order valence-corrected chi connectivity index (χ3v) is 7.23. The van der Waals surface area contributed by atoms with Crippen molar-refractivity contribution in [1.82, 2.24) is 9.80 Å². The van der Waals surface area contributed by atoms with Gasteiger partial charge >= 0.3 is 0 Å². The van der Waals surface area contributed by atoms with Gasteiger partial charge in [0.05, 0.1) is 11.5 Å². The van der Waals surface area contributed by atoms with Crippen molar-refractivity contribution in [3.8, 4) is 0 Å². The maximum atomic E-state index is 13.3. The molecule has 148 valence electrons. The Morgan fingerprint density at radius 2 is 1.93 bits per heavy atom. The van der Waals surface area contributed by atoms with Crippen molar-refractivity contribution in [1.29, 1.82) is 0 Å². The molecule has 0 spiro atoms. The van der Waals surface area contributed by atoms with Gasteiger partial charge < -0.3 is 9.80 Å². The van der Waals surface area contributed by atoms with Crippen LogP contribution < -0.4 is 0 Å². The number of amides is 2. The van der Waals surface area contributed by atoms with Gasteiger partial charge in [-0.15, -0.1) is 0 Å². The standard InChI is InChI=1S/C19H25FN2O4S/c1-2-22(17-8-11-27(25,26)13-17)19(24)14-6-9-21(10-7-14)18(23)15-4-3-5-16(20)12-15/h3-5,12,14,17H,2,6-11,13H2,1H3. The van der Waals surface area contributed by atoms with Gasteiger partial charge in [-0.3, -0.25) is 9.59 Å². The molecule has 1 atom stereocenters. The van der Waals surface area contributed by atoms with E-state index in [0.29, 0.717) is 44.5 Å². The highest BCUT2D eigenvalue weighted by Gasteiger charge is 2.37. The second kappa shape index (κ2) is 7.96. The Kier molecular flexibility index (Phi) is 5.83. The largest absolute Gasteiger partial charge is 0.339 e. The summed E-state index contributed by atoms with van der Waals surface area (Å²) in [5.41, 5.74) is 0.311. The molecule has 1 aromatic carbocycles. The predicted molar refractivity (Wildman–Crippen MR) is 99.5 cm³/mol. The Morgan fingerprint density at radius 1 is 1.22 bits per heavy atom. The van der Waals surface area contributed by atoms with Crippen molar-refractivity contribution >= 4 is 21.7 Å². The summed E-state index contributed by atoms with van der Waals surface area (Å²) in [6, 6.07) is 5.37. The zero-order chi connectivity index (χ0) is 19.6. The van der Waals surface area contributed by atoms with Gasteiger partial charge in [0.2, 0.25) is 5.91 Å². The predicted octanol–water partition coefficient (Wildman–Crippen LogP) is 1.71. The molecule has 0 radical (unpaired) electrons. The highest BCUT2D eigenvalue weighted by atomic mass is 32.2. The number of hydrogen-bond donors (Lipinski definition) is 0. The first-order chi connectivity index (χ1) is 12.8. The SMILES string of the molecule is CCN(C(=O)C1CCN(C(=O)c2cccc(F)c2)CC1)C1CCS(=O)(=O)C1. The molecule has 2 aliphatic rings. The minimum atomic E-state index is -3.05. The molecule has 2 amide bonds. The average Bonchev–Trinajstić information content (AvgIpc) is 3.01. The molecule has 8 heteroatoms. The number of benzene rings is 1. The number of piperidine rings is 1. The van der Waals surface area contributed by atoms with E-state index in [0.717, 1.165) is 0 Å². The van der Waals surface area contributed by atoms with Gasteiger partial charge in [-0.05, 0) is 44.4 Å². The lowest BCUT2D eigenvalue weighted by molar-refractivity contribution is -0.138. The minimum Gasteiger partial charge on any atom is -0.339 e. The highest BCUT2D eigenvalue weighted by molar-refractivity contribution is 7.91. The van der Waals surface area contributed by atoms with Crippen LogP contribution in [0.4, 0.5) is 4.39 Å². The Hall–Kier alpha value is -1.96. The molecular formula is C19H25FN2O4S. The van der Waals surface area contributed by atoms with E-state index in [1.165, 1.54) is 18.2 Å². The van der Waals surface area contributed by atoms with Crippen LogP contribution in [0.5, 0.6) is 0 Å². The molecule has 2 aliphatic heterocycles. The summed E-state index contributed by atoms with van der Waals surface area (Å²) in [6.07, 6.45) is 1.57. The number of halogens is 1. The molecule has 1 aromatic rings. The summed E-state index contributed by atoms with van der Waals surface area (Å²) in [6.45, 7) is 3.23. The Balaban J connectivity index is 1.59. The summed E-state index contributed by atoms with van der Waals surface area (Å²) >= 11 is 0. The average molecular weight is 396 g/mol. The summed E-state index contributed by atoms with van der Waals surface area (Å²) in [5.74, 6) is -0.709. The van der Waals surface area contributed by atoms with Crippen molar-refractivity contribution < 1.29 is 22.4 Å². The van der Waals surface area contributed by atoms with E-state index in [2.05, 4.69) is 0 Å². The van der Waals surface area contributed by atoms with Crippen LogP contribution in [0.2, 0.25) is 0 Å². The molecule has 27 heavy (non-hydrogen) atoms. The first-order valence-electron chi connectivity index (χ1n) is 9.36. The fraction of sp³-hybridized carbons (Fsp3) is 0.579. The lowest BCUT2D eigenvalue weighted by Gasteiger charge is -2.36. The number of hydrogen-bond acceptors (Lipinski definition) is 4. The topological polar surface area (TPSA) is 74.8 Å². The van der Waals surface area contributed by atoms with Crippen molar-refractivity contribution in [2.75, 3.05) is 31.1 Å². The quantitative estimate of drug-likeness (QED) is 0.777. The lowest BCUT2D eigenvalue weighted by Crippen LogP contribution is -2.48.